The zero-order chi connectivity index (χ0) is 11.7. The van der Waals surface area contributed by atoms with Gasteiger partial charge >= 0.3 is 0 Å². The molecule has 0 atom stereocenters. The molecule has 2 N–H and O–H groups in total. The molecule has 1 aromatic rings. The van der Waals surface area contributed by atoms with Crippen molar-refractivity contribution in [1.82, 2.24) is 5.06 Å². The number of hydroxylamine groups is 2. The van der Waals surface area contributed by atoms with Crippen LogP contribution in [0, 0.1) is 0 Å². The fourth-order valence-corrected chi connectivity index (χ4v) is 1.43. The molecule has 5 heteroatoms. The van der Waals surface area contributed by atoms with Crippen molar-refractivity contribution in [2.45, 2.75) is 0 Å². The molecule has 16 heavy (non-hydrogen) atoms. The van der Waals surface area contributed by atoms with Crippen LogP contribution in [0.25, 0.3) is 0 Å². The van der Waals surface area contributed by atoms with Crippen LogP contribution in [0.2, 0.25) is 0 Å². The van der Waals surface area contributed by atoms with Gasteiger partial charge in [0.25, 0.3) is 11.8 Å². The highest BCUT2D eigenvalue weighted by molar-refractivity contribution is 6.20. The summed E-state index contributed by atoms with van der Waals surface area (Å²) < 4.78 is 0. The first-order valence-electron chi connectivity index (χ1n) is 4.65. The molecule has 2 rings (SSSR count). The number of carbonyl (C=O) groups is 2. The summed E-state index contributed by atoms with van der Waals surface area (Å²) in [5.74, 6) is -0.941. The Labute approximate surface area is 92.1 Å². The number of imide groups is 1. The van der Waals surface area contributed by atoms with Crippen LogP contribution in [0.15, 0.2) is 36.5 Å². The third-order valence-corrected chi connectivity index (χ3v) is 2.14. The standard InChI is InChI=1S/C11H10N2O3/c1-7(12)6-16-13-10(14)8-4-2-3-5-9(8)11(13)15/h2-5H,1,6,12H2. The van der Waals surface area contributed by atoms with E-state index in [1.807, 2.05) is 0 Å². The van der Waals surface area contributed by atoms with Gasteiger partial charge < -0.3 is 5.73 Å². The molecule has 0 aromatic heterocycles. The van der Waals surface area contributed by atoms with Gasteiger partial charge in [-0.05, 0) is 12.1 Å². The summed E-state index contributed by atoms with van der Waals surface area (Å²) in [5.41, 5.74) is 6.23. The number of amides is 2. The number of carbonyl (C=O) groups excluding carboxylic acids is 2. The molecule has 0 bridgehead atoms. The van der Waals surface area contributed by atoms with Gasteiger partial charge in [-0.3, -0.25) is 14.4 Å². The van der Waals surface area contributed by atoms with Crippen molar-refractivity contribution in [2.24, 2.45) is 5.73 Å². The minimum absolute atomic E-state index is 0.0640. The highest BCUT2D eigenvalue weighted by Gasteiger charge is 2.36. The van der Waals surface area contributed by atoms with E-state index in [1.165, 1.54) is 0 Å². The van der Waals surface area contributed by atoms with Crippen LogP contribution in [-0.2, 0) is 4.84 Å². The van der Waals surface area contributed by atoms with E-state index in [9.17, 15) is 9.59 Å². The average molecular weight is 218 g/mol. The van der Waals surface area contributed by atoms with Crippen LogP contribution < -0.4 is 5.73 Å². The number of benzene rings is 1. The van der Waals surface area contributed by atoms with Crippen LogP contribution in [0.5, 0.6) is 0 Å². The number of fused-ring (bicyclic) bond motifs is 1. The lowest BCUT2D eigenvalue weighted by atomic mass is 10.1. The van der Waals surface area contributed by atoms with Gasteiger partial charge in [-0.2, -0.15) is 0 Å². The Balaban J connectivity index is 2.25. The molecule has 0 radical (unpaired) electrons. The van der Waals surface area contributed by atoms with Gasteiger partial charge in [0.1, 0.15) is 6.61 Å². The molecule has 82 valence electrons. The summed E-state index contributed by atoms with van der Waals surface area (Å²) in [6.07, 6.45) is 0. The predicted molar refractivity (Wildman–Crippen MR) is 56.2 cm³/mol. The molecular weight excluding hydrogens is 208 g/mol. The van der Waals surface area contributed by atoms with Gasteiger partial charge in [0, 0.05) is 5.70 Å². The minimum Gasteiger partial charge on any atom is -0.401 e. The van der Waals surface area contributed by atoms with E-state index in [0.29, 0.717) is 16.2 Å². The first-order valence-corrected chi connectivity index (χ1v) is 4.65. The Hall–Kier alpha value is -2.14. The van der Waals surface area contributed by atoms with Crippen LogP contribution in [0.1, 0.15) is 20.7 Å². The van der Waals surface area contributed by atoms with Gasteiger partial charge in [0.05, 0.1) is 11.1 Å². The SMILES string of the molecule is C=C(N)CON1C(=O)c2ccccc2C1=O. The molecule has 1 aliphatic heterocycles. The molecule has 0 fully saturated rings. The largest absolute Gasteiger partial charge is 0.401 e. The third kappa shape index (κ3) is 1.57. The van der Waals surface area contributed by atoms with E-state index >= 15 is 0 Å². The lowest BCUT2D eigenvalue weighted by Crippen LogP contribution is -2.31. The second kappa shape index (κ2) is 3.79. The van der Waals surface area contributed by atoms with Crippen LogP contribution in [-0.4, -0.2) is 23.5 Å². The lowest BCUT2D eigenvalue weighted by Gasteiger charge is -2.12. The monoisotopic (exact) mass is 218 g/mol. The highest BCUT2D eigenvalue weighted by Crippen LogP contribution is 2.22. The topological polar surface area (TPSA) is 72.6 Å². The molecule has 0 aliphatic carbocycles. The van der Waals surface area contributed by atoms with Crippen LogP contribution in [0.3, 0.4) is 0 Å². The second-order valence-corrected chi connectivity index (χ2v) is 3.38. The predicted octanol–water partition coefficient (Wildman–Crippen LogP) is 0.687. The molecular formula is C11H10N2O3. The number of hydrogen-bond acceptors (Lipinski definition) is 4. The Kier molecular flexibility index (Phi) is 2.46. The molecule has 0 saturated carbocycles. The number of nitrogens with two attached hydrogens (primary N) is 1. The summed E-state index contributed by atoms with van der Waals surface area (Å²) in [4.78, 5) is 28.4. The molecule has 1 aromatic carbocycles. The maximum absolute atomic E-state index is 11.7. The van der Waals surface area contributed by atoms with Gasteiger partial charge in [-0.25, -0.2) is 0 Å². The van der Waals surface area contributed by atoms with Crippen LogP contribution >= 0.6 is 0 Å². The highest BCUT2D eigenvalue weighted by atomic mass is 16.7. The second-order valence-electron chi connectivity index (χ2n) is 3.38. The lowest BCUT2D eigenvalue weighted by molar-refractivity contribution is -0.0826. The number of hydrogen-bond donors (Lipinski definition) is 1. The van der Waals surface area contributed by atoms with Crippen molar-refractivity contribution in [3.05, 3.63) is 47.7 Å². The average Bonchev–Trinajstić information content (AvgIpc) is 2.50. The molecule has 1 aliphatic rings. The molecule has 5 nitrogen and oxygen atoms in total. The summed E-state index contributed by atoms with van der Waals surface area (Å²) in [6.45, 7) is 3.35. The summed E-state index contributed by atoms with van der Waals surface area (Å²) in [6, 6.07) is 6.54. The zero-order valence-electron chi connectivity index (χ0n) is 8.47. The normalized spacial score (nSPS) is 14.1. The zero-order valence-corrected chi connectivity index (χ0v) is 8.47. The van der Waals surface area contributed by atoms with Gasteiger partial charge in [-0.15, -0.1) is 5.06 Å². The minimum atomic E-state index is -0.471. The summed E-state index contributed by atoms with van der Waals surface area (Å²) >= 11 is 0. The van der Waals surface area contributed by atoms with E-state index < -0.39 is 11.8 Å². The fourth-order valence-electron chi connectivity index (χ4n) is 1.43. The van der Waals surface area contributed by atoms with Crippen molar-refractivity contribution in [1.29, 1.82) is 0 Å². The van der Waals surface area contributed by atoms with Crippen LogP contribution in [0.4, 0.5) is 0 Å². The first kappa shape index (κ1) is 10.4. The Bertz CT molecular complexity index is 447. The van der Waals surface area contributed by atoms with Crippen molar-refractivity contribution < 1.29 is 14.4 Å². The van der Waals surface area contributed by atoms with Crippen molar-refractivity contribution in [3.8, 4) is 0 Å². The van der Waals surface area contributed by atoms with E-state index in [2.05, 4.69) is 6.58 Å². The van der Waals surface area contributed by atoms with E-state index in [0.717, 1.165) is 0 Å². The van der Waals surface area contributed by atoms with Gasteiger partial charge in [0.15, 0.2) is 0 Å². The fraction of sp³-hybridized carbons (Fsp3) is 0.0909. The van der Waals surface area contributed by atoms with Crippen molar-refractivity contribution in [3.63, 3.8) is 0 Å². The van der Waals surface area contributed by atoms with Gasteiger partial charge in [0.2, 0.25) is 0 Å². The molecule has 1 heterocycles. The molecule has 0 spiro atoms. The van der Waals surface area contributed by atoms with E-state index in [1.54, 1.807) is 24.3 Å². The van der Waals surface area contributed by atoms with Crippen molar-refractivity contribution >= 4 is 11.8 Å². The van der Waals surface area contributed by atoms with Crippen molar-refractivity contribution in [2.75, 3.05) is 6.61 Å². The number of nitrogens with zero attached hydrogens (tertiary/aromatic N) is 1. The Morgan fingerprint density at radius 3 is 2.19 bits per heavy atom. The smallest absolute Gasteiger partial charge is 0.285 e. The molecule has 2 amide bonds. The van der Waals surface area contributed by atoms with E-state index in [-0.39, 0.29) is 12.3 Å². The number of rotatable bonds is 3. The van der Waals surface area contributed by atoms with Gasteiger partial charge in [-0.1, -0.05) is 18.7 Å². The maximum atomic E-state index is 11.7. The Morgan fingerprint density at radius 1 is 1.25 bits per heavy atom. The maximum Gasteiger partial charge on any atom is 0.285 e. The molecule has 0 unspecified atom stereocenters. The van der Waals surface area contributed by atoms with E-state index in [4.69, 9.17) is 10.6 Å². The summed E-state index contributed by atoms with van der Waals surface area (Å²) in [5, 5.41) is 0.711. The molecule has 0 saturated heterocycles. The Morgan fingerprint density at radius 2 is 1.75 bits per heavy atom. The summed E-state index contributed by atoms with van der Waals surface area (Å²) in [7, 11) is 0. The first-order chi connectivity index (χ1) is 7.61. The third-order valence-electron chi connectivity index (χ3n) is 2.14. The quantitative estimate of drug-likeness (QED) is 0.757.